The highest BCUT2D eigenvalue weighted by Gasteiger charge is 2.41. The molecule has 2 aliphatic rings. The molecule has 0 aromatic carbocycles. The highest BCUT2D eigenvalue weighted by molar-refractivity contribution is 7.09. The van der Waals surface area contributed by atoms with Crippen molar-refractivity contribution in [3.05, 3.63) is 27.8 Å². The second-order valence-corrected chi connectivity index (χ2v) is 7.27. The molecule has 3 atom stereocenters. The summed E-state index contributed by atoms with van der Waals surface area (Å²) in [6.45, 7) is 6.87. The van der Waals surface area contributed by atoms with Crippen LogP contribution < -0.4 is 0 Å². The second kappa shape index (κ2) is 5.72. The molecule has 22 heavy (non-hydrogen) atoms. The van der Waals surface area contributed by atoms with Gasteiger partial charge in [0.05, 0.1) is 16.8 Å². The van der Waals surface area contributed by atoms with E-state index >= 15 is 0 Å². The zero-order chi connectivity index (χ0) is 15.1. The van der Waals surface area contributed by atoms with Gasteiger partial charge in [0.25, 0.3) is 0 Å². The summed E-state index contributed by atoms with van der Waals surface area (Å²) >= 11 is 1.72. The van der Waals surface area contributed by atoms with Crippen LogP contribution in [0.3, 0.4) is 0 Å². The van der Waals surface area contributed by atoms with Gasteiger partial charge in [-0.25, -0.2) is 4.98 Å². The first kappa shape index (κ1) is 14.3. The lowest BCUT2D eigenvalue weighted by molar-refractivity contribution is -0.0128. The van der Waals surface area contributed by atoms with Crippen LogP contribution in [0.25, 0.3) is 0 Å². The van der Waals surface area contributed by atoms with E-state index in [9.17, 15) is 0 Å². The number of likely N-dealkylation sites (tertiary alicyclic amines) is 1. The third-order valence-corrected chi connectivity index (χ3v) is 5.34. The van der Waals surface area contributed by atoms with Crippen molar-refractivity contribution in [1.29, 1.82) is 0 Å². The number of ether oxygens (including phenoxy) is 1. The van der Waals surface area contributed by atoms with Crippen molar-refractivity contribution in [3.8, 4) is 0 Å². The highest BCUT2D eigenvalue weighted by atomic mass is 32.1. The molecule has 2 fully saturated rings. The largest absolute Gasteiger partial charge is 0.365 e. The molecule has 0 spiro atoms. The monoisotopic (exact) mass is 320 g/mol. The quantitative estimate of drug-likeness (QED) is 0.866. The summed E-state index contributed by atoms with van der Waals surface area (Å²) < 4.78 is 11.3. The smallest absolute Gasteiger partial charge is 0.223 e. The number of piperidine rings is 1. The number of rotatable bonds is 3. The van der Waals surface area contributed by atoms with Gasteiger partial charge in [0, 0.05) is 25.4 Å². The normalized spacial score (nSPS) is 28.9. The van der Waals surface area contributed by atoms with Gasteiger partial charge < -0.3 is 9.26 Å². The summed E-state index contributed by atoms with van der Waals surface area (Å²) in [4.78, 5) is 11.3. The van der Waals surface area contributed by atoms with Crippen LogP contribution in [0, 0.1) is 19.8 Å². The predicted molar refractivity (Wildman–Crippen MR) is 81.5 cm³/mol. The Balaban J connectivity index is 1.39. The molecule has 0 unspecified atom stereocenters. The molecule has 118 valence electrons. The van der Waals surface area contributed by atoms with E-state index in [1.165, 1.54) is 12.1 Å². The molecule has 2 aliphatic heterocycles. The number of aromatic nitrogens is 3. The average molecular weight is 320 g/mol. The van der Waals surface area contributed by atoms with Gasteiger partial charge in [-0.15, -0.1) is 11.3 Å². The van der Waals surface area contributed by atoms with E-state index in [0.29, 0.717) is 17.6 Å². The zero-order valence-electron chi connectivity index (χ0n) is 12.9. The summed E-state index contributed by atoms with van der Waals surface area (Å²) in [5.41, 5.74) is 1.17. The zero-order valence-corrected chi connectivity index (χ0v) is 13.7. The van der Waals surface area contributed by atoms with Crippen LogP contribution in [0.2, 0.25) is 0 Å². The summed E-state index contributed by atoms with van der Waals surface area (Å²) in [6.07, 6.45) is 2.44. The maximum atomic E-state index is 6.19. The Morgan fingerprint density at radius 2 is 2.27 bits per heavy atom. The highest BCUT2D eigenvalue weighted by Crippen LogP contribution is 2.40. The van der Waals surface area contributed by atoms with E-state index in [0.717, 1.165) is 31.1 Å². The van der Waals surface area contributed by atoms with E-state index < -0.39 is 0 Å². The Morgan fingerprint density at radius 1 is 1.36 bits per heavy atom. The SMILES string of the molecule is Cc1nc([C@@H]2C[C@H]3CCN(Cc4csc(C)n4)C[C@@H]3O2)no1. The van der Waals surface area contributed by atoms with Gasteiger partial charge in [0.15, 0.2) is 0 Å². The van der Waals surface area contributed by atoms with Gasteiger partial charge in [-0.1, -0.05) is 5.16 Å². The first-order chi connectivity index (χ1) is 10.7. The predicted octanol–water partition coefficient (Wildman–Crippen LogP) is 2.50. The molecule has 0 aliphatic carbocycles. The van der Waals surface area contributed by atoms with Crippen LogP contribution in [0.4, 0.5) is 0 Å². The lowest BCUT2D eigenvalue weighted by Crippen LogP contribution is -2.41. The summed E-state index contributed by atoms with van der Waals surface area (Å²) in [7, 11) is 0. The van der Waals surface area contributed by atoms with Crippen molar-refractivity contribution >= 4 is 11.3 Å². The van der Waals surface area contributed by atoms with Gasteiger partial charge in [0.1, 0.15) is 6.10 Å². The van der Waals surface area contributed by atoms with Crippen LogP contribution >= 0.6 is 11.3 Å². The number of hydrogen-bond acceptors (Lipinski definition) is 7. The number of hydrogen-bond donors (Lipinski definition) is 0. The second-order valence-electron chi connectivity index (χ2n) is 6.21. The Morgan fingerprint density at radius 3 is 3.00 bits per heavy atom. The fraction of sp³-hybridized carbons (Fsp3) is 0.667. The van der Waals surface area contributed by atoms with Crippen molar-refractivity contribution in [1.82, 2.24) is 20.0 Å². The molecule has 4 heterocycles. The molecular weight excluding hydrogens is 300 g/mol. The van der Waals surface area contributed by atoms with Crippen LogP contribution in [-0.4, -0.2) is 39.2 Å². The molecule has 0 saturated carbocycles. The minimum Gasteiger partial charge on any atom is -0.365 e. The van der Waals surface area contributed by atoms with E-state index in [-0.39, 0.29) is 12.2 Å². The standard InChI is InChI=1S/C15H20N4O2S/c1-9-16-15(18-21-9)13-5-11-3-4-19(7-14(11)20-13)6-12-8-22-10(2)17-12/h8,11,13-14H,3-7H2,1-2H3/t11-,13+,14+/m1/s1. The van der Waals surface area contributed by atoms with Crippen LogP contribution in [0.15, 0.2) is 9.90 Å². The Labute approximate surface area is 133 Å². The number of thiazole rings is 1. The maximum Gasteiger partial charge on any atom is 0.223 e. The molecule has 4 rings (SSSR count). The van der Waals surface area contributed by atoms with Crippen molar-refractivity contribution in [2.24, 2.45) is 5.92 Å². The molecule has 0 radical (unpaired) electrons. The molecule has 0 N–H and O–H groups in total. The van der Waals surface area contributed by atoms with Gasteiger partial charge in [0.2, 0.25) is 11.7 Å². The third-order valence-electron chi connectivity index (χ3n) is 4.52. The minimum absolute atomic E-state index is 0.00563. The van der Waals surface area contributed by atoms with Gasteiger partial charge in [-0.2, -0.15) is 4.98 Å². The van der Waals surface area contributed by atoms with E-state index in [2.05, 4.69) is 32.3 Å². The molecule has 2 aromatic heterocycles. The lowest BCUT2D eigenvalue weighted by atomic mass is 9.91. The van der Waals surface area contributed by atoms with Crippen molar-refractivity contribution < 1.29 is 9.26 Å². The van der Waals surface area contributed by atoms with Gasteiger partial charge >= 0.3 is 0 Å². The molecule has 0 bridgehead atoms. The lowest BCUT2D eigenvalue weighted by Gasteiger charge is -2.33. The van der Waals surface area contributed by atoms with Crippen molar-refractivity contribution in [2.45, 2.75) is 45.4 Å². The van der Waals surface area contributed by atoms with E-state index in [1.807, 2.05) is 6.92 Å². The first-order valence-electron chi connectivity index (χ1n) is 7.76. The Bertz CT molecular complexity index is 656. The Hall–Kier alpha value is -1.31. The summed E-state index contributed by atoms with van der Waals surface area (Å²) in [5, 5.41) is 7.30. The maximum absolute atomic E-state index is 6.19. The van der Waals surface area contributed by atoms with E-state index in [4.69, 9.17) is 9.26 Å². The third kappa shape index (κ3) is 2.80. The van der Waals surface area contributed by atoms with Crippen LogP contribution in [0.5, 0.6) is 0 Å². The molecule has 2 saturated heterocycles. The number of aryl methyl sites for hydroxylation is 2. The fourth-order valence-corrected chi connectivity index (χ4v) is 4.06. The topological polar surface area (TPSA) is 64.3 Å². The van der Waals surface area contributed by atoms with Crippen molar-refractivity contribution in [3.63, 3.8) is 0 Å². The van der Waals surface area contributed by atoms with Crippen molar-refractivity contribution in [2.75, 3.05) is 13.1 Å². The van der Waals surface area contributed by atoms with Gasteiger partial charge in [-0.05, 0) is 32.2 Å². The Kier molecular flexibility index (Phi) is 3.71. The van der Waals surface area contributed by atoms with Gasteiger partial charge in [-0.3, -0.25) is 4.90 Å². The van der Waals surface area contributed by atoms with Crippen LogP contribution in [0.1, 0.15) is 41.4 Å². The molecule has 6 nitrogen and oxygen atoms in total. The number of fused-ring (bicyclic) bond motifs is 1. The fourth-order valence-electron chi connectivity index (χ4n) is 3.46. The average Bonchev–Trinajstić information content (AvgIpc) is 3.18. The van der Waals surface area contributed by atoms with Crippen LogP contribution in [-0.2, 0) is 11.3 Å². The molecular formula is C15H20N4O2S. The molecule has 0 amide bonds. The molecule has 7 heteroatoms. The number of nitrogens with zero attached hydrogens (tertiary/aromatic N) is 4. The minimum atomic E-state index is -0.00563. The first-order valence-corrected chi connectivity index (χ1v) is 8.64. The summed E-state index contributed by atoms with van der Waals surface area (Å²) in [6, 6.07) is 0. The summed E-state index contributed by atoms with van der Waals surface area (Å²) in [5.74, 6) is 1.92. The van der Waals surface area contributed by atoms with E-state index in [1.54, 1.807) is 11.3 Å². The molecule has 2 aromatic rings.